The Kier molecular flexibility index (Phi) is 4.65. The van der Waals surface area contributed by atoms with Gasteiger partial charge in [-0.25, -0.2) is 0 Å². The maximum absolute atomic E-state index is 12.3. The zero-order chi connectivity index (χ0) is 16.9. The molecule has 0 spiro atoms. The summed E-state index contributed by atoms with van der Waals surface area (Å²) >= 11 is 0. The number of hydrogen-bond donors (Lipinski definition) is 2. The van der Waals surface area contributed by atoms with E-state index in [2.05, 4.69) is 10.6 Å². The van der Waals surface area contributed by atoms with Crippen molar-refractivity contribution in [3.8, 4) is 11.5 Å². The SMILES string of the molecule is CCC(=O)Nc1ccc(NC(=O)C2COc3ccccc3O2)cc1. The molecule has 124 valence electrons. The number of fused-ring (bicyclic) bond motifs is 1. The first-order valence-corrected chi connectivity index (χ1v) is 7.75. The normalized spacial score (nSPS) is 15.5. The van der Waals surface area contributed by atoms with Gasteiger partial charge in [0.05, 0.1) is 0 Å². The van der Waals surface area contributed by atoms with Crippen LogP contribution in [0.2, 0.25) is 0 Å². The summed E-state index contributed by atoms with van der Waals surface area (Å²) in [6.07, 6.45) is -0.293. The molecule has 3 rings (SSSR count). The minimum absolute atomic E-state index is 0.0572. The average molecular weight is 326 g/mol. The Morgan fingerprint density at radius 1 is 1.00 bits per heavy atom. The van der Waals surface area contributed by atoms with E-state index in [4.69, 9.17) is 9.47 Å². The molecular weight excluding hydrogens is 308 g/mol. The van der Waals surface area contributed by atoms with Crippen LogP contribution in [0, 0.1) is 0 Å². The lowest BCUT2D eigenvalue weighted by Gasteiger charge is -2.25. The first-order valence-electron chi connectivity index (χ1n) is 7.75. The number of benzene rings is 2. The summed E-state index contributed by atoms with van der Waals surface area (Å²) in [7, 11) is 0. The van der Waals surface area contributed by atoms with Gasteiger partial charge in [-0.15, -0.1) is 0 Å². The fraction of sp³-hybridized carbons (Fsp3) is 0.222. The van der Waals surface area contributed by atoms with Gasteiger partial charge >= 0.3 is 0 Å². The van der Waals surface area contributed by atoms with E-state index in [1.807, 2.05) is 12.1 Å². The van der Waals surface area contributed by atoms with E-state index in [1.165, 1.54) is 0 Å². The highest BCUT2D eigenvalue weighted by Crippen LogP contribution is 2.31. The number of nitrogens with one attached hydrogen (secondary N) is 2. The average Bonchev–Trinajstić information content (AvgIpc) is 2.62. The summed E-state index contributed by atoms with van der Waals surface area (Å²) in [5.74, 6) is 0.854. The van der Waals surface area contributed by atoms with Crippen LogP contribution in [0.25, 0.3) is 0 Å². The first-order chi connectivity index (χ1) is 11.7. The standard InChI is InChI=1S/C18H18N2O4/c1-2-17(21)19-12-7-9-13(10-8-12)20-18(22)16-11-23-14-5-3-4-6-15(14)24-16/h3-10,16H,2,11H2,1H3,(H,19,21)(H,20,22). The molecular formula is C18H18N2O4. The van der Waals surface area contributed by atoms with Crippen LogP contribution in [0.1, 0.15) is 13.3 Å². The second-order valence-corrected chi connectivity index (χ2v) is 5.33. The second-order valence-electron chi connectivity index (χ2n) is 5.33. The molecule has 2 aromatic carbocycles. The van der Waals surface area contributed by atoms with E-state index in [-0.39, 0.29) is 18.4 Å². The summed E-state index contributed by atoms with van der Waals surface area (Å²) < 4.78 is 11.2. The molecule has 0 aromatic heterocycles. The molecule has 24 heavy (non-hydrogen) atoms. The van der Waals surface area contributed by atoms with Crippen LogP contribution >= 0.6 is 0 Å². The number of ether oxygens (including phenoxy) is 2. The highest BCUT2D eigenvalue weighted by molar-refractivity contribution is 5.95. The van der Waals surface area contributed by atoms with Gasteiger partial charge < -0.3 is 20.1 Å². The van der Waals surface area contributed by atoms with Crippen molar-refractivity contribution in [3.63, 3.8) is 0 Å². The zero-order valence-electron chi connectivity index (χ0n) is 13.2. The molecule has 2 aromatic rings. The molecule has 1 aliphatic rings. The summed E-state index contributed by atoms with van der Waals surface area (Å²) in [5.41, 5.74) is 1.31. The minimum atomic E-state index is -0.709. The van der Waals surface area contributed by atoms with Crippen molar-refractivity contribution in [2.75, 3.05) is 17.2 Å². The maximum atomic E-state index is 12.3. The molecule has 2 amide bonds. The van der Waals surface area contributed by atoms with Crippen molar-refractivity contribution in [3.05, 3.63) is 48.5 Å². The molecule has 0 bridgehead atoms. The van der Waals surface area contributed by atoms with E-state index in [9.17, 15) is 9.59 Å². The van der Waals surface area contributed by atoms with E-state index in [0.29, 0.717) is 29.3 Å². The quantitative estimate of drug-likeness (QED) is 0.906. The van der Waals surface area contributed by atoms with Gasteiger partial charge in [0.2, 0.25) is 12.0 Å². The zero-order valence-corrected chi connectivity index (χ0v) is 13.2. The number of carbonyl (C=O) groups excluding carboxylic acids is 2. The third-order valence-corrected chi connectivity index (χ3v) is 3.56. The summed E-state index contributed by atoms with van der Waals surface area (Å²) in [6, 6.07) is 14.1. The smallest absolute Gasteiger partial charge is 0.269 e. The molecule has 1 aliphatic heterocycles. The molecule has 1 atom stereocenters. The molecule has 1 unspecified atom stereocenters. The van der Waals surface area contributed by atoms with Crippen LogP contribution in [-0.4, -0.2) is 24.5 Å². The minimum Gasteiger partial charge on any atom is -0.485 e. The first kappa shape index (κ1) is 15.9. The molecule has 0 saturated carbocycles. The summed E-state index contributed by atoms with van der Waals surface area (Å²) in [4.78, 5) is 23.6. The van der Waals surface area contributed by atoms with Gasteiger partial charge in [-0.2, -0.15) is 0 Å². The molecule has 6 heteroatoms. The number of rotatable bonds is 4. The molecule has 6 nitrogen and oxygen atoms in total. The number of hydrogen-bond acceptors (Lipinski definition) is 4. The van der Waals surface area contributed by atoms with Crippen molar-refractivity contribution >= 4 is 23.2 Å². The fourth-order valence-electron chi connectivity index (χ4n) is 2.26. The topological polar surface area (TPSA) is 76.7 Å². The molecule has 0 fully saturated rings. The highest BCUT2D eigenvalue weighted by atomic mass is 16.6. The van der Waals surface area contributed by atoms with Crippen LogP contribution in [0.3, 0.4) is 0 Å². The summed E-state index contributed by atoms with van der Waals surface area (Å²) in [5, 5.41) is 5.53. The van der Waals surface area contributed by atoms with Gasteiger partial charge in [0.15, 0.2) is 11.5 Å². The highest BCUT2D eigenvalue weighted by Gasteiger charge is 2.27. The Morgan fingerprint density at radius 3 is 2.29 bits per heavy atom. The second kappa shape index (κ2) is 7.04. The summed E-state index contributed by atoms with van der Waals surface area (Å²) in [6.45, 7) is 1.95. The molecule has 0 radical (unpaired) electrons. The number of amides is 2. The predicted octanol–water partition coefficient (Wildman–Crippen LogP) is 2.81. The Labute approximate surface area is 139 Å². The van der Waals surface area contributed by atoms with Gasteiger partial charge in [-0.05, 0) is 36.4 Å². The number of para-hydroxylation sites is 2. The van der Waals surface area contributed by atoms with Gasteiger partial charge in [-0.1, -0.05) is 19.1 Å². The van der Waals surface area contributed by atoms with Crippen LogP contribution in [0.5, 0.6) is 11.5 Å². The molecule has 1 heterocycles. The third kappa shape index (κ3) is 3.65. The molecule has 0 saturated heterocycles. The van der Waals surface area contributed by atoms with E-state index >= 15 is 0 Å². The van der Waals surface area contributed by atoms with Gasteiger partial charge in [0, 0.05) is 17.8 Å². The lowest BCUT2D eigenvalue weighted by molar-refractivity contribution is -0.125. The number of anilines is 2. The van der Waals surface area contributed by atoms with Crippen LogP contribution in [-0.2, 0) is 9.59 Å². The monoisotopic (exact) mass is 326 g/mol. The van der Waals surface area contributed by atoms with Crippen LogP contribution < -0.4 is 20.1 Å². The Balaban J connectivity index is 1.60. The number of carbonyl (C=O) groups is 2. The fourth-order valence-corrected chi connectivity index (χ4v) is 2.26. The van der Waals surface area contributed by atoms with Gasteiger partial charge in [0.1, 0.15) is 6.61 Å². The lowest BCUT2D eigenvalue weighted by Crippen LogP contribution is -2.40. The van der Waals surface area contributed by atoms with Crippen LogP contribution in [0.4, 0.5) is 11.4 Å². The van der Waals surface area contributed by atoms with E-state index in [0.717, 1.165) is 0 Å². The Morgan fingerprint density at radius 2 is 1.62 bits per heavy atom. The van der Waals surface area contributed by atoms with Crippen LogP contribution in [0.15, 0.2) is 48.5 Å². The largest absolute Gasteiger partial charge is 0.485 e. The van der Waals surface area contributed by atoms with Gasteiger partial charge in [-0.3, -0.25) is 9.59 Å². The van der Waals surface area contributed by atoms with Crippen molar-refractivity contribution in [2.45, 2.75) is 19.4 Å². The Hall–Kier alpha value is -3.02. The predicted molar refractivity (Wildman–Crippen MR) is 90.3 cm³/mol. The molecule has 2 N–H and O–H groups in total. The van der Waals surface area contributed by atoms with E-state index < -0.39 is 6.10 Å². The van der Waals surface area contributed by atoms with E-state index in [1.54, 1.807) is 43.3 Å². The maximum Gasteiger partial charge on any atom is 0.269 e. The third-order valence-electron chi connectivity index (χ3n) is 3.56. The van der Waals surface area contributed by atoms with Crippen molar-refractivity contribution < 1.29 is 19.1 Å². The molecule has 0 aliphatic carbocycles. The van der Waals surface area contributed by atoms with Crippen molar-refractivity contribution in [1.29, 1.82) is 0 Å². The van der Waals surface area contributed by atoms with Crippen molar-refractivity contribution in [2.24, 2.45) is 0 Å². The Bertz CT molecular complexity index is 743. The lowest BCUT2D eigenvalue weighted by atomic mass is 10.2. The van der Waals surface area contributed by atoms with Gasteiger partial charge in [0.25, 0.3) is 5.91 Å². The van der Waals surface area contributed by atoms with Crippen molar-refractivity contribution in [1.82, 2.24) is 0 Å².